The molecule has 1 nitrogen and oxygen atoms in total. The van der Waals surface area contributed by atoms with Crippen LogP contribution in [0.1, 0.15) is 59.3 Å². The number of ketones is 1. The lowest BCUT2D eigenvalue weighted by molar-refractivity contribution is -0.119. The molecule has 0 spiro atoms. The molecular weight excluding hydrogens is 160 g/mol. The van der Waals surface area contributed by atoms with Crippen LogP contribution in [0.5, 0.6) is 0 Å². The maximum absolute atomic E-state index is 11.2. The predicted molar refractivity (Wildman–Crippen MR) is 55.7 cm³/mol. The molecule has 1 unspecified atom stereocenters. The Hall–Kier alpha value is -0.330. The molecule has 1 heteroatoms. The molecule has 13 heavy (non-hydrogen) atoms. The smallest absolute Gasteiger partial charge is 0.132 e. The summed E-state index contributed by atoms with van der Waals surface area (Å²) in [5.41, 5.74) is 0.435. The Morgan fingerprint density at radius 3 is 2.62 bits per heavy atom. The van der Waals surface area contributed by atoms with Gasteiger partial charge in [-0.3, -0.25) is 4.79 Å². The van der Waals surface area contributed by atoms with E-state index in [4.69, 9.17) is 0 Å². The largest absolute Gasteiger partial charge is 0.300 e. The van der Waals surface area contributed by atoms with Crippen molar-refractivity contribution in [1.82, 2.24) is 0 Å². The van der Waals surface area contributed by atoms with E-state index in [-0.39, 0.29) is 0 Å². The van der Waals surface area contributed by atoms with Gasteiger partial charge in [-0.1, -0.05) is 27.2 Å². The fraction of sp³-hybridized carbons (Fsp3) is 0.917. The minimum atomic E-state index is 0.435. The summed E-state index contributed by atoms with van der Waals surface area (Å²) in [6.07, 6.45) is 6.38. The highest BCUT2D eigenvalue weighted by Gasteiger charge is 2.29. The van der Waals surface area contributed by atoms with E-state index in [0.717, 1.165) is 31.6 Å². The van der Waals surface area contributed by atoms with Crippen LogP contribution in [0.25, 0.3) is 0 Å². The minimum absolute atomic E-state index is 0.435. The number of rotatable bonds is 2. The van der Waals surface area contributed by atoms with E-state index in [9.17, 15) is 4.79 Å². The zero-order valence-corrected chi connectivity index (χ0v) is 9.23. The normalized spacial score (nSPS) is 25.8. The van der Waals surface area contributed by atoms with E-state index >= 15 is 0 Å². The molecule has 76 valence electrons. The monoisotopic (exact) mass is 182 g/mol. The summed E-state index contributed by atoms with van der Waals surface area (Å²) in [7, 11) is 0. The number of hydrogen-bond donors (Lipinski definition) is 0. The SMILES string of the molecule is CCC(C)(C)C1CCCC(=O)CC1. The summed E-state index contributed by atoms with van der Waals surface area (Å²) in [6.45, 7) is 6.94. The van der Waals surface area contributed by atoms with Crippen LogP contribution < -0.4 is 0 Å². The standard InChI is InChI=1S/C12H22O/c1-4-12(2,3)10-6-5-7-11(13)9-8-10/h10H,4-9H2,1-3H3. The molecular formula is C12H22O. The van der Waals surface area contributed by atoms with Crippen molar-refractivity contribution in [2.45, 2.75) is 59.3 Å². The third-order valence-corrected chi connectivity index (χ3v) is 3.80. The molecule has 1 aliphatic rings. The average molecular weight is 182 g/mol. The molecule has 0 heterocycles. The Bertz CT molecular complexity index is 182. The van der Waals surface area contributed by atoms with Crippen LogP contribution in [0.2, 0.25) is 0 Å². The third kappa shape index (κ3) is 2.82. The number of Topliss-reactive ketones (excluding diaryl/α,β-unsaturated/α-hetero) is 1. The van der Waals surface area contributed by atoms with Crippen molar-refractivity contribution in [3.63, 3.8) is 0 Å². The van der Waals surface area contributed by atoms with Crippen LogP contribution >= 0.6 is 0 Å². The molecule has 0 saturated heterocycles. The highest BCUT2D eigenvalue weighted by Crippen LogP contribution is 2.38. The fourth-order valence-electron chi connectivity index (χ4n) is 2.22. The van der Waals surface area contributed by atoms with Gasteiger partial charge in [-0.15, -0.1) is 0 Å². The Morgan fingerprint density at radius 1 is 1.31 bits per heavy atom. The molecule has 1 rings (SSSR count). The Morgan fingerprint density at radius 2 is 2.00 bits per heavy atom. The van der Waals surface area contributed by atoms with Gasteiger partial charge < -0.3 is 0 Å². The van der Waals surface area contributed by atoms with Crippen LogP contribution in [0.4, 0.5) is 0 Å². The molecule has 0 aromatic rings. The lowest BCUT2D eigenvalue weighted by atomic mass is 9.73. The lowest BCUT2D eigenvalue weighted by Crippen LogP contribution is -2.22. The van der Waals surface area contributed by atoms with Gasteiger partial charge in [0.1, 0.15) is 5.78 Å². The van der Waals surface area contributed by atoms with Crippen molar-refractivity contribution in [3.8, 4) is 0 Å². The number of carbonyl (C=O) groups is 1. The van der Waals surface area contributed by atoms with Crippen molar-refractivity contribution in [2.24, 2.45) is 11.3 Å². The highest BCUT2D eigenvalue weighted by atomic mass is 16.1. The molecule has 0 aliphatic heterocycles. The zero-order valence-electron chi connectivity index (χ0n) is 9.23. The molecule has 0 bridgehead atoms. The number of hydrogen-bond acceptors (Lipinski definition) is 1. The Labute approximate surface area is 81.9 Å². The molecule has 1 fully saturated rings. The predicted octanol–water partition coefficient (Wildman–Crippen LogP) is 3.57. The van der Waals surface area contributed by atoms with Gasteiger partial charge in [0.2, 0.25) is 0 Å². The maximum Gasteiger partial charge on any atom is 0.132 e. The van der Waals surface area contributed by atoms with Crippen LogP contribution in [-0.4, -0.2) is 5.78 Å². The topological polar surface area (TPSA) is 17.1 Å². The zero-order chi connectivity index (χ0) is 9.90. The van der Waals surface area contributed by atoms with E-state index in [1.54, 1.807) is 0 Å². The van der Waals surface area contributed by atoms with E-state index in [0.29, 0.717) is 11.2 Å². The van der Waals surface area contributed by atoms with Crippen molar-refractivity contribution in [2.75, 3.05) is 0 Å². The summed E-state index contributed by atoms with van der Waals surface area (Å²) >= 11 is 0. The van der Waals surface area contributed by atoms with Gasteiger partial charge in [0.25, 0.3) is 0 Å². The fourth-order valence-corrected chi connectivity index (χ4v) is 2.22. The van der Waals surface area contributed by atoms with Crippen molar-refractivity contribution in [3.05, 3.63) is 0 Å². The Balaban J connectivity index is 2.55. The van der Waals surface area contributed by atoms with Gasteiger partial charge in [0.15, 0.2) is 0 Å². The molecule has 0 amide bonds. The van der Waals surface area contributed by atoms with Crippen LogP contribution in [0, 0.1) is 11.3 Å². The third-order valence-electron chi connectivity index (χ3n) is 3.80. The average Bonchev–Trinajstić information content (AvgIpc) is 2.30. The van der Waals surface area contributed by atoms with E-state index in [1.165, 1.54) is 12.8 Å². The molecule has 1 saturated carbocycles. The van der Waals surface area contributed by atoms with Crippen LogP contribution in [-0.2, 0) is 4.79 Å². The second kappa shape index (κ2) is 4.26. The maximum atomic E-state index is 11.2. The van der Waals surface area contributed by atoms with Crippen molar-refractivity contribution >= 4 is 5.78 Å². The van der Waals surface area contributed by atoms with Crippen molar-refractivity contribution in [1.29, 1.82) is 0 Å². The van der Waals surface area contributed by atoms with Crippen LogP contribution in [0.15, 0.2) is 0 Å². The second-order valence-electron chi connectivity index (χ2n) is 5.01. The van der Waals surface area contributed by atoms with E-state index in [2.05, 4.69) is 20.8 Å². The first-order chi connectivity index (χ1) is 6.06. The van der Waals surface area contributed by atoms with Gasteiger partial charge in [-0.2, -0.15) is 0 Å². The van der Waals surface area contributed by atoms with Crippen molar-refractivity contribution < 1.29 is 4.79 Å². The molecule has 0 radical (unpaired) electrons. The summed E-state index contributed by atoms with van der Waals surface area (Å²) in [4.78, 5) is 11.2. The summed E-state index contributed by atoms with van der Waals surface area (Å²) < 4.78 is 0. The lowest BCUT2D eigenvalue weighted by Gasteiger charge is -2.32. The molecule has 0 aromatic heterocycles. The van der Waals surface area contributed by atoms with Gasteiger partial charge in [0.05, 0.1) is 0 Å². The van der Waals surface area contributed by atoms with E-state index < -0.39 is 0 Å². The van der Waals surface area contributed by atoms with Crippen LogP contribution in [0.3, 0.4) is 0 Å². The first-order valence-corrected chi connectivity index (χ1v) is 5.58. The Kier molecular flexibility index (Phi) is 3.52. The molecule has 1 atom stereocenters. The minimum Gasteiger partial charge on any atom is -0.300 e. The first-order valence-electron chi connectivity index (χ1n) is 5.58. The first kappa shape index (κ1) is 10.7. The molecule has 0 N–H and O–H groups in total. The summed E-state index contributed by atoms with van der Waals surface area (Å²) in [5, 5.41) is 0. The second-order valence-corrected chi connectivity index (χ2v) is 5.01. The van der Waals surface area contributed by atoms with Gasteiger partial charge in [0, 0.05) is 12.8 Å². The quantitative estimate of drug-likeness (QED) is 0.597. The van der Waals surface area contributed by atoms with Gasteiger partial charge >= 0.3 is 0 Å². The highest BCUT2D eigenvalue weighted by molar-refractivity contribution is 5.78. The summed E-state index contributed by atoms with van der Waals surface area (Å²) in [5.74, 6) is 1.25. The van der Waals surface area contributed by atoms with E-state index in [1.807, 2.05) is 0 Å². The molecule has 0 aromatic carbocycles. The number of carbonyl (C=O) groups excluding carboxylic acids is 1. The molecule has 1 aliphatic carbocycles. The van der Waals surface area contributed by atoms with Gasteiger partial charge in [-0.25, -0.2) is 0 Å². The summed E-state index contributed by atoms with van der Waals surface area (Å²) in [6, 6.07) is 0. The van der Waals surface area contributed by atoms with Gasteiger partial charge in [-0.05, 0) is 30.6 Å².